The van der Waals surface area contributed by atoms with Crippen molar-refractivity contribution in [1.29, 1.82) is 0 Å². The molecule has 0 saturated carbocycles. The second-order valence-electron chi connectivity index (χ2n) is 6.73. The number of nitrogens with zero attached hydrogens (tertiary/aromatic N) is 5. The van der Waals surface area contributed by atoms with Gasteiger partial charge in [0.1, 0.15) is 6.33 Å². The van der Waals surface area contributed by atoms with E-state index in [1.807, 2.05) is 62.4 Å². The first-order valence-corrected chi connectivity index (χ1v) is 8.62. The fourth-order valence-corrected chi connectivity index (χ4v) is 2.85. The minimum atomic E-state index is -0.526. The van der Waals surface area contributed by atoms with Crippen molar-refractivity contribution in [2.24, 2.45) is 0 Å². The highest BCUT2D eigenvalue weighted by molar-refractivity contribution is 5.54. The molecule has 1 aromatic carbocycles. The van der Waals surface area contributed by atoms with Crippen molar-refractivity contribution < 1.29 is 4.39 Å². The quantitative estimate of drug-likeness (QED) is 0.513. The largest absolute Gasteiger partial charge is 0.250 e. The minimum absolute atomic E-state index is 0.496. The number of hydrogen-bond donors (Lipinski definition) is 0. The van der Waals surface area contributed by atoms with Crippen LogP contribution in [0, 0.1) is 5.95 Å². The van der Waals surface area contributed by atoms with E-state index in [0.717, 1.165) is 11.4 Å². The van der Waals surface area contributed by atoms with E-state index in [9.17, 15) is 4.39 Å². The van der Waals surface area contributed by atoms with Crippen LogP contribution < -0.4 is 0 Å². The van der Waals surface area contributed by atoms with Gasteiger partial charge in [-0.05, 0) is 50.2 Å². The van der Waals surface area contributed by atoms with E-state index >= 15 is 0 Å². The van der Waals surface area contributed by atoms with Gasteiger partial charge >= 0.3 is 0 Å². The van der Waals surface area contributed by atoms with Crippen LogP contribution in [0.25, 0.3) is 17.1 Å². The highest BCUT2D eigenvalue weighted by Gasteiger charge is 2.29. The smallest absolute Gasteiger partial charge is 0.213 e. The Kier molecular flexibility index (Phi) is 4.24. The number of benzene rings is 1. The first-order valence-electron chi connectivity index (χ1n) is 8.62. The monoisotopic (exact) mass is 359 g/mol. The third kappa shape index (κ3) is 3.33. The first kappa shape index (κ1) is 17.0. The Morgan fingerprint density at radius 3 is 2.26 bits per heavy atom. The molecule has 0 fully saturated rings. The zero-order valence-corrected chi connectivity index (χ0v) is 15.0. The maximum Gasteiger partial charge on any atom is 0.213 e. The van der Waals surface area contributed by atoms with Crippen molar-refractivity contribution in [2.75, 3.05) is 0 Å². The van der Waals surface area contributed by atoms with Crippen LogP contribution in [-0.4, -0.2) is 24.7 Å². The van der Waals surface area contributed by atoms with Crippen molar-refractivity contribution in [2.45, 2.75) is 19.3 Å². The molecular weight excluding hydrogens is 341 g/mol. The molecule has 0 amide bonds. The Morgan fingerprint density at radius 2 is 1.52 bits per heavy atom. The second-order valence-corrected chi connectivity index (χ2v) is 6.73. The average Bonchev–Trinajstić information content (AvgIpc) is 3.20. The molecule has 0 radical (unpaired) electrons. The van der Waals surface area contributed by atoms with Crippen LogP contribution >= 0.6 is 0 Å². The lowest BCUT2D eigenvalue weighted by molar-refractivity contribution is 0.568. The molecule has 3 aromatic heterocycles. The molecule has 0 atom stereocenters. The van der Waals surface area contributed by atoms with Crippen LogP contribution in [0.4, 0.5) is 4.39 Å². The van der Waals surface area contributed by atoms with E-state index in [1.165, 1.54) is 6.07 Å². The van der Waals surface area contributed by atoms with Gasteiger partial charge in [0.2, 0.25) is 5.95 Å². The summed E-state index contributed by atoms with van der Waals surface area (Å²) in [7, 11) is 0. The van der Waals surface area contributed by atoms with Gasteiger partial charge in [-0.2, -0.15) is 9.49 Å². The van der Waals surface area contributed by atoms with Gasteiger partial charge < -0.3 is 0 Å². The summed E-state index contributed by atoms with van der Waals surface area (Å²) in [5.41, 5.74) is 2.32. The van der Waals surface area contributed by atoms with Gasteiger partial charge in [0.15, 0.2) is 5.82 Å². The van der Waals surface area contributed by atoms with Crippen LogP contribution in [0.2, 0.25) is 0 Å². The Bertz CT molecular complexity index is 1070. The molecule has 134 valence electrons. The van der Waals surface area contributed by atoms with E-state index in [0.29, 0.717) is 17.2 Å². The Hall–Kier alpha value is -3.41. The second kappa shape index (κ2) is 6.72. The minimum Gasteiger partial charge on any atom is -0.250 e. The van der Waals surface area contributed by atoms with Gasteiger partial charge in [-0.25, -0.2) is 14.6 Å². The number of halogens is 1. The molecule has 0 unspecified atom stereocenters. The van der Waals surface area contributed by atoms with Gasteiger partial charge in [0.05, 0.1) is 28.2 Å². The molecule has 5 nitrogen and oxygen atoms in total. The van der Waals surface area contributed by atoms with Crippen molar-refractivity contribution in [3.63, 3.8) is 0 Å². The van der Waals surface area contributed by atoms with Crippen molar-refractivity contribution >= 4 is 0 Å². The van der Waals surface area contributed by atoms with Crippen LogP contribution in [0.1, 0.15) is 25.4 Å². The Balaban J connectivity index is 1.70. The zero-order chi connectivity index (χ0) is 18.9. The summed E-state index contributed by atoms with van der Waals surface area (Å²) in [5.74, 6) is 0.130. The SMILES string of the molecule is CC(C)(c1cccc(-c2cccc(F)n2)n1)c1ncn(-c2ccccc2)n1. The number of para-hydroxylation sites is 1. The molecule has 4 rings (SSSR count). The molecule has 4 aromatic rings. The summed E-state index contributed by atoms with van der Waals surface area (Å²) in [6.45, 7) is 4.03. The number of rotatable bonds is 4. The molecule has 3 heterocycles. The summed E-state index contributed by atoms with van der Waals surface area (Å²) in [6.07, 6.45) is 1.70. The maximum atomic E-state index is 13.5. The number of pyridine rings is 2. The standard InChI is InChI=1S/C21H18FN5/c1-21(2,20-23-14-27(26-20)15-8-4-3-5-9-15)18-12-6-10-16(24-18)17-11-7-13-19(22)25-17/h3-14H,1-2H3. The van der Waals surface area contributed by atoms with Gasteiger partial charge in [-0.3, -0.25) is 4.98 Å². The van der Waals surface area contributed by atoms with E-state index in [4.69, 9.17) is 4.98 Å². The van der Waals surface area contributed by atoms with Gasteiger partial charge in [-0.1, -0.05) is 30.3 Å². The van der Waals surface area contributed by atoms with Gasteiger partial charge in [-0.15, -0.1) is 0 Å². The molecule has 0 bridgehead atoms. The molecule has 0 N–H and O–H groups in total. The summed E-state index contributed by atoms with van der Waals surface area (Å²) in [5, 5.41) is 4.64. The summed E-state index contributed by atoms with van der Waals surface area (Å²) in [6, 6.07) is 20.1. The van der Waals surface area contributed by atoms with E-state index in [1.54, 1.807) is 23.1 Å². The van der Waals surface area contributed by atoms with Crippen LogP contribution in [0.15, 0.2) is 73.1 Å². The number of hydrogen-bond acceptors (Lipinski definition) is 4. The van der Waals surface area contributed by atoms with Crippen molar-refractivity contribution in [1.82, 2.24) is 24.7 Å². The van der Waals surface area contributed by atoms with Gasteiger partial charge in [0, 0.05) is 0 Å². The third-order valence-corrected chi connectivity index (χ3v) is 4.44. The van der Waals surface area contributed by atoms with E-state index < -0.39 is 11.4 Å². The van der Waals surface area contributed by atoms with Crippen LogP contribution in [-0.2, 0) is 5.41 Å². The average molecular weight is 359 g/mol. The van der Waals surface area contributed by atoms with Crippen LogP contribution in [0.5, 0.6) is 0 Å². The fourth-order valence-electron chi connectivity index (χ4n) is 2.85. The number of aromatic nitrogens is 5. The summed E-state index contributed by atoms with van der Waals surface area (Å²) >= 11 is 0. The molecule has 0 aliphatic heterocycles. The Morgan fingerprint density at radius 1 is 0.815 bits per heavy atom. The zero-order valence-electron chi connectivity index (χ0n) is 15.0. The normalized spacial score (nSPS) is 11.5. The molecule has 6 heteroatoms. The predicted molar refractivity (Wildman–Crippen MR) is 101 cm³/mol. The van der Waals surface area contributed by atoms with Gasteiger partial charge in [0.25, 0.3) is 0 Å². The molecule has 0 aliphatic carbocycles. The Labute approximate surface area is 156 Å². The molecular formula is C21H18FN5. The first-order chi connectivity index (χ1) is 13.0. The topological polar surface area (TPSA) is 56.5 Å². The van der Waals surface area contributed by atoms with E-state index in [2.05, 4.69) is 15.1 Å². The van der Waals surface area contributed by atoms with Crippen molar-refractivity contribution in [3.8, 4) is 17.1 Å². The third-order valence-electron chi connectivity index (χ3n) is 4.44. The fraction of sp³-hybridized carbons (Fsp3) is 0.143. The molecule has 27 heavy (non-hydrogen) atoms. The van der Waals surface area contributed by atoms with Crippen molar-refractivity contribution in [3.05, 3.63) is 90.5 Å². The highest BCUT2D eigenvalue weighted by atomic mass is 19.1. The van der Waals surface area contributed by atoms with Crippen LogP contribution in [0.3, 0.4) is 0 Å². The summed E-state index contributed by atoms with van der Waals surface area (Å²) < 4.78 is 15.2. The lowest BCUT2D eigenvalue weighted by atomic mass is 9.87. The lowest BCUT2D eigenvalue weighted by Gasteiger charge is -2.21. The maximum absolute atomic E-state index is 13.5. The highest BCUT2D eigenvalue weighted by Crippen LogP contribution is 2.29. The molecule has 0 spiro atoms. The lowest BCUT2D eigenvalue weighted by Crippen LogP contribution is -2.23. The van der Waals surface area contributed by atoms with E-state index in [-0.39, 0.29) is 0 Å². The molecule has 0 aliphatic rings. The summed E-state index contributed by atoms with van der Waals surface area (Å²) in [4.78, 5) is 13.1. The molecule has 0 saturated heterocycles. The predicted octanol–water partition coefficient (Wildman–Crippen LogP) is 4.19.